The van der Waals surface area contributed by atoms with Crippen molar-refractivity contribution in [2.75, 3.05) is 39.5 Å². The van der Waals surface area contributed by atoms with E-state index in [0.717, 1.165) is 6.54 Å². The Kier molecular flexibility index (Phi) is 6.37. The molecular formula is C17H27N3O3S. The number of piperidine rings is 1. The van der Waals surface area contributed by atoms with Gasteiger partial charge in [0.05, 0.1) is 0 Å². The van der Waals surface area contributed by atoms with E-state index in [9.17, 15) is 13.2 Å². The van der Waals surface area contributed by atoms with E-state index in [2.05, 4.69) is 27.7 Å². The maximum Gasteiger partial charge on any atom is 0.241 e. The number of hydrogen-bond acceptors (Lipinski definition) is 5. The third kappa shape index (κ3) is 4.55. The van der Waals surface area contributed by atoms with Gasteiger partial charge in [0.25, 0.3) is 0 Å². The fraction of sp³-hybridized carbons (Fsp3) is 0.588. The highest BCUT2D eigenvalue weighted by Crippen LogP contribution is 2.27. The highest BCUT2D eigenvalue weighted by Gasteiger charge is 2.48. The first-order valence-electron chi connectivity index (χ1n) is 8.26. The number of benzene rings is 1. The van der Waals surface area contributed by atoms with Gasteiger partial charge < -0.3 is 15.5 Å². The monoisotopic (exact) mass is 353 g/mol. The second kappa shape index (κ2) is 8.09. The Bertz CT molecular complexity index is 640. The van der Waals surface area contributed by atoms with Crippen molar-refractivity contribution in [1.29, 1.82) is 0 Å². The standard InChI is InChI=1S/C17H27N3O3S/c1-20(14-15-6-4-3-5-7-15)13-12-19-16(21)17(24(2,22)23)8-10-18-11-9-17/h3-7,18H,8-14H2,1-2H3,(H,19,21). The largest absolute Gasteiger partial charge is 0.353 e. The molecule has 2 rings (SSSR count). The number of amides is 1. The predicted octanol–water partition coefficient (Wildman–Crippen LogP) is 0.401. The van der Waals surface area contributed by atoms with Crippen molar-refractivity contribution in [3.8, 4) is 0 Å². The molecule has 1 heterocycles. The van der Waals surface area contributed by atoms with Crippen molar-refractivity contribution >= 4 is 15.7 Å². The van der Waals surface area contributed by atoms with E-state index < -0.39 is 14.6 Å². The quantitative estimate of drug-likeness (QED) is 0.742. The Morgan fingerprint density at radius 3 is 2.46 bits per heavy atom. The maximum absolute atomic E-state index is 12.6. The lowest BCUT2D eigenvalue weighted by atomic mass is 9.96. The number of hydrogen-bond donors (Lipinski definition) is 2. The third-order valence-electron chi connectivity index (χ3n) is 4.61. The second-order valence-electron chi connectivity index (χ2n) is 6.50. The summed E-state index contributed by atoms with van der Waals surface area (Å²) < 4.78 is 23.1. The van der Waals surface area contributed by atoms with Gasteiger partial charge in [-0.05, 0) is 38.5 Å². The van der Waals surface area contributed by atoms with Crippen LogP contribution in [-0.2, 0) is 21.2 Å². The van der Waals surface area contributed by atoms with Crippen LogP contribution in [0.1, 0.15) is 18.4 Å². The van der Waals surface area contributed by atoms with Gasteiger partial charge in [-0.1, -0.05) is 30.3 Å². The summed E-state index contributed by atoms with van der Waals surface area (Å²) in [5.74, 6) is -0.361. The molecule has 1 fully saturated rings. The molecule has 1 aliphatic rings. The smallest absolute Gasteiger partial charge is 0.241 e. The molecule has 0 spiro atoms. The number of likely N-dealkylation sites (N-methyl/N-ethyl adjacent to an activating group) is 1. The van der Waals surface area contributed by atoms with Crippen molar-refractivity contribution in [3.05, 3.63) is 35.9 Å². The number of nitrogens with zero attached hydrogens (tertiary/aromatic N) is 1. The molecule has 1 amide bonds. The zero-order valence-electron chi connectivity index (χ0n) is 14.4. The molecule has 0 aromatic heterocycles. The molecule has 134 valence electrons. The molecule has 1 saturated heterocycles. The molecule has 1 aromatic rings. The normalized spacial score (nSPS) is 17.6. The summed E-state index contributed by atoms with van der Waals surface area (Å²) in [7, 11) is -1.47. The fourth-order valence-corrected chi connectivity index (χ4v) is 4.45. The summed E-state index contributed by atoms with van der Waals surface area (Å²) in [5.41, 5.74) is 1.21. The molecule has 0 bridgehead atoms. The maximum atomic E-state index is 12.6. The summed E-state index contributed by atoms with van der Waals surface area (Å²) >= 11 is 0. The van der Waals surface area contributed by atoms with E-state index in [1.165, 1.54) is 11.8 Å². The summed E-state index contributed by atoms with van der Waals surface area (Å²) in [5, 5.41) is 5.94. The minimum absolute atomic E-state index is 0.331. The number of rotatable bonds is 7. The van der Waals surface area contributed by atoms with Crippen LogP contribution in [0.15, 0.2) is 30.3 Å². The average molecular weight is 353 g/mol. The van der Waals surface area contributed by atoms with Gasteiger partial charge in [-0.15, -0.1) is 0 Å². The zero-order chi connectivity index (χ0) is 17.6. The van der Waals surface area contributed by atoms with Gasteiger partial charge in [-0.25, -0.2) is 8.42 Å². The molecule has 0 saturated carbocycles. The lowest BCUT2D eigenvalue weighted by molar-refractivity contribution is -0.124. The van der Waals surface area contributed by atoms with Crippen LogP contribution in [0.25, 0.3) is 0 Å². The first-order chi connectivity index (χ1) is 11.3. The molecule has 1 aromatic carbocycles. The Balaban J connectivity index is 1.87. The summed E-state index contributed by atoms with van der Waals surface area (Å²) in [6.07, 6.45) is 1.83. The zero-order valence-corrected chi connectivity index (χ0v) is 15.2. The summed E-state index contributed by atoms with van der Waals surface area (Å²) in [6, 6.07) is 10.1. The van der Waals surface area contributed by atoms with Crippen LogP contribution in [-0.4, -0.2) is 63.5 Å². The number of nitrogens with one attached hydrogen (secondary N) is 2. The molecule has 0 radical (unpaired) electrons. The van der Waals surface area contributed by atoms with Crippen LogP contribution in [0, 0.1) is 0 Å². The number of carbonyl (C=O) groups is 1. The lowest BCUT2D eigenvalue weighted by Gasteiger charge is -2.34. The first kappa shape index (κ1) is 18.9. The molecule has 0 unspecified atom stereocenters. The van der Waals surface area contributed by atoms with Gasteiger partial charge >= 0.3 is 0 Å². The highest BCUT2D eigenvalue weighted by molar-refractivity contribution is 7.92. The van der Waals surface area contributed by atoms with Crippen molar-refractivity contribution in [1.82, 2.24) is 15.5 Å². The van der Waals surface area contributed by atoms with E-state index in [1.54, 1.807) is 0 Å². The minimum Gasteiger partial charge on any atom is -0.353 e. The van der Waals surface area contributed by atoms with Gasteiger partial charge in [0.15, 0.2) is 14.6 Å². The lowest BCUT2D eigenvalue weighted by Crippen LogP contribution is -2.57. The van der Waals surface area contributed by atoms with Gasteiger partial charge in [-0.3, -0.25) is 4.79 Å². The van der Waals surface area contributed by atoms with Crippen LogP contribution < -0.4 is 10.6 Å². The molecule has 0 atom stereocenters. The molecule has 0 aliphatic carbocycles. The third-order valence-corrected chi connectivity index (χ3v) is 6.62. The molecule has 1 aliphatic heterocycles. The van der Waals surface area contributed by atoms with Crippen molar-refractivity contribution in [2.45, 2.75) is 24.1 Å². The molecule has 7 heteroatoms. The van der Waals surface area contributed by atoms with E-state index in [4.69, 9.17) is 0 Å². The van der Waals surface area contributed by atoms with Gasteiger partial charge in [0, 0.05) is 25.9 Å². The Morgan fingerprint density at radius 1 is 1.25 bits per heavy atom. The highest BCUT2D eigenvalue weighted by atomic mass is 32.2. The Hall–Kier alpha value is -1.44. The summed E-state index contributed by atoms with van der Waals surface area (Å²) in [4.78, 5) is 14.7. The van der Waals surface area contributed by atoms with Gasteiger partial charge in [0.2, 0.25) is 5.91 Å². The molecule has 24 heavy (non-hydrogen) atoms. The SMILES string of the molecule is CN(CCNC(=O)C1(S(C)(=O)=O)CCNCC1)Cc1ccccc1. The number of carbonyl (C=O) groups excluding carboxylic acids is 1. The van der Waals surface area contributed by atoms with Crippen LogP contribution in [0.2, 0.25) is 0 Å². The number of sulfone groups is 1. The average Bonchev–Trinajstić information content (AvgIpc) is 2.55. The Labute approximate surface area is 144 Å². The van der Waals surface area contributed by atoms with Crippen molar-refractivity contribution in [2.24, 2.45) is 0 Å². The van der Waals surface area contributed by atoms with Crippen LogP contribution >= 0.6 is 0 Å². The van der Waals surface area contributed by atoms with E-state index in [-0.39, 0.29) is 5.91 Å². The molecule has 6 nitrogen and oxygen atoms in total. The second-order valence-corrected chi connectivity index (χ2v) is 8.82. The van der Waals surface area contributed by atoms with Gasteiger partial charge in [-0.2, -0.15) is 0 Å². The van der Waals surface area contributed by atoms with E-state index in [0.29, 0.717) is 39.0 Å². The van der Waals surface area contributed by atoms with Crippen LogP contribution in [0.5, 0.6) is 0 Å². The Morgan fingerprint density at radius 2 is 1.88 bits per heavy atom. The minimum atomic E-state index is -3.45. The topological polar surface area (TPSA) is 78.5 Å². The predicted molar refractivity (Wildman–Crippen MR) is 95.5 cm³/mol. The molecule has 2 N–H and O–H groups in total. The van der Waals surface area contributed by atoms with Crippen molar-refractivity contribution in [3.63, 3.8) is 0 Å². The molecular weight excluding hydrogens is 326 g/mol. The summed E-state index contributed by atoms with van der Waals surface area (Å²) in [6.45, 7) is 2.99. The van der Waals surface area contributed by atoms with E-state index >= 15 is 0 Å². The fourth-order valence-electron chi connectivity index (χ4n) is 3.09. The van der Waals surface area contributed by atoms with Gasteiger partial charge in [0.1, 0.15) is 0 Å². The first-order valence-corrected chi connectivity index (χ1v) is 10.2. The van der Waals surface area contributed by atoms with Crippen LogP contribution in [0.4, 0.5) is 0 Å². The van der Waals surface area contributed by atoms with Crippen LogP contribution in [0.3, 0.4) is 0 Å². The van der Waals surface area contributed by atoms with Crippen molar-refractivity contribution < 1.29 is 13.2 Å². The van der Waals surface area contributed by atoms with E-state index in [1.807, 2.05) is 25.2 Å².